The number of nitrogens with one attached hydrogen (secondary N) is 1. The second kappa shape index (κ2) is 9.37. The fourth-order valence-corrected chi connectivity index (χ4v) is 1.20. The van der Waals surface area contributed by atoms with Gasteiger partial charge in [0.05, 0.1) is 26.3 Å². The van der Waals surface area contributed by atoms with Crippen molar-refractivity contribution in [3.05, 3.63) is 0 Å². The third kappa shape index (κ3) is 8.48. The first-order chi connectivity index (χ1) is 8.49. The summed E-state index contributed by atoms with van der Waals surface area (Å²) < 4.78 is 9.63. The molecule has 0 saturated carbocycles. The molecule has 3 amide bonds. The molecular formula is C10H19N3O5. The first-order valence-electron chi connectivity index (χ1n) is 5.45. The van der Waals surface area contributed by atoms with Gasteiger partial charge in [-0.1, -0.05) is 0 Å². The van der Waals surface area contributed by atoms with Crippen LogP contribution in [-0.4, -0.2) is 62.8 Å². The van der Waals surface area contributed by atoms with E-state index in [0.717, 1.165) is 0 Å². The molecule has 8 nitrogen and oxygen atoms in total. The highest BCUT2D eigenvalue weighted by atomic mass is 16.5. The van der Waals surface area contributed by atoms with Crippen LogP contribution in [0.15, 0.2) is 0 Å². The van der Waals surface area contributed by atoms with E-state index in [1.807, 2.05) is 5.32 Å². The number of methoxy groups -OCH3 is 1. The van der Waals surface area contributed by atoms with Crippen LogP contribution in [0.1, 0.15) is 6.92 Å². The zero-order valence-corrected chi connectivity index (χ0v) is 10.6. The number of hydrogen-bond donors (Lipinski definition) is 2. The number of carbonyl (C=O) groups is 3. The van der Waals surface area contributed by atoms with E-state index in [2.05, 4.69) is 0 Å². The van der Waals surface area contributed by atoms with Crippen molar-refractivity contribution in [1.29, 1.82) is 0 Å². The van der Waals surface area contributed by atoms with Crippen LogP contribution in [0, 0.1) is 0 Å². The predicted octanol–water partition coefficient (Wildman–Crippen LogP) is -1.31. The number of esters is 1. The molecule has 0 unspecified atom stereocenters. The third-order valence-electron chi connectivity index (χ3n) is 1.90. The second-order valence-electron chi connectivity index (χ2n) is 3.42. The van der Waals surface area contributed by atoms with Gasteiger partial charge in [0.1, 0.15) is 0 Å². The smallest absolute Gasteiger partial charge is 0.320 e. The van der Waals surface area contributed by atoms with Crippen LogP contribution in [0.3, 0.4) is 0 Å². The van der Waals surface area contributed by atoms with Crippen LogP contribution >= 0.6 is 0 Å². The highest BCUT2D eigenvalue weighted by Gasteiger charge is 2.15. The van der Waals surface area contributed by atoms with Gasteiger partial charge in [0, 0.05) is 13.7 Å². The number of nitrogens with zero attached hydrogens (tertiary/aromatic N) is 1. The second-order valence-corrected chi connectivity index (χ2v) is 3.42. The lowest BCUT2D eigenvalue weighted by Gasteiger charge is -2.19. The number of primary amides is 1. The number of amides is 3. The minimum Gasteiger partial charge on any atom is -0.465 e. The van der Waals surface area contributed by atoms with Crippen LogP contribution in [0.25, 0.3) is 0 Å². The van der Waals surface area contributed by atoms with Crippen molar-refractivity contribution in [3.63, 3.8) is 0 Å². The van der Waals surface area contributed by atoms with Gasteiger partial charge < -0.3 is 15.2 Å². The maximum absolute atomic E-state index is 11.3. The van der Waals surface area contributed by atoms with Gasteiger partial charge in [-0.3, -0.25) is 19.8 Å². The summed E-state index contributed by atoms with van der Waals surface area (Å²) in [6.07, 6.45) is 0. The van der Waals surface area contributed by atoms with Gasteiger partial charge >= 0.3 is 12.0 Å². The van der Waals surface area contributed by atoms with E-state index in [1.165, 1.54) is 12.0 Å². The fraction of sp³-hybridized carbons (Fsp3) is 0.700. The van der Waals surface area contributed by atoms with Crippen molar-refractivity contribution in [1.82, 2.24) is 10.2 Å². The van der Waals surface area contributed by atoms with Gasteiger partial charge in [-0.25, -0.2) is 4.79 Å². The summed E-state index contributed by atoms with van der Waals surface area (Å²) in [4.78, 5) is 34.6. The van der Waals surface area contributed by atoms with Crippen LogP contribution in [0.2, 0.25) is 0 Å². The molecule has 0 rings (SSSR count). The van der Waals surface area contributed by atoms with Gasteiger partial charge in [0.15, 0.2) is 0 Å². The molecule has 0 heterocycles. The number of nitrogens with two attached hydrogens (primary N) is 1. The largest absolute Gasteiger partial charge is 0.465 e. The summed E-state index contributed by atoms with van der Waals surface area (Å²) in [7, 11) is 1.51. The molecule has 0 spiro atoms. The molecule has 0 atom stereocenters. The van der Waals surface area contributed by atoms with E-state index < -0.39 is 17.9 Å². The van der Waals surface area contributed by atoms with Crippen molar-refractivity contribution in [2.45, 2.75) is 6.92 Å². The van der Waals surface area contributed by atoms with Crippen molar-refractivity contribution in [2.24, 2.45) is 5.73 Å². The molecule has 8 heteroatoms. The highest BCUT2D eigenvalue weighted by molar-refractivity contribution is 5.94. The molecule has 0 fully saturated rings. The van der Waals surface area contributed by atoms with Gasteiger partial charge in [-0.2, -0.15) is 0 Å². The van der Waals surface area contributed by atoms with Crippen LogP contribution in [-0.2, 0) is 19.1 Å². The van der Waals surface area contributed by atoms with Gasteiger partial charge in [-0.15, -0.1) is 0 Å². The summed E-state index contributed by atoms with van der Waals surface area (Å²) >= 11 is 0. The maximum Gasteiger partial charge on any atom is 0.320 e. The van der Waals surface area contributed by atoms with E-state index in [-0.39, 0.29) is 19.7 Å². The molecule has 0 saturated heterocycles. The van der Waals surface area contributed by atoms with Gasteiger partial charge in [0.25, 0.3) is 0 Å². The summed E-state index contributed by atoms with van der Waals surface area (Å²) in [6, 6.07) is -0.928. The van der Waals surface area contributed by atoms with Crippen LogP contribution in [0.4, 0.5) is 4.79 Å². The van der Waals surface area contributed by atoms with E-state index in [4.69, 9.17) is 15.2 Å². The molecule has 0 bridgehead atoms. The Morgan fingerprint density at radius 3 is 2.44 bits per heavy atom. The minimum absolute atomic E-state index is 0.0522. The van der Waals surface area contributed by atoms with Crippen molar-refractivity contribution < 1.29 is 23.9 Å². The Bertz CT molecular complexity index is 295. The molecule has 104 valence electrons. The SMILES string of the molecule is CCOC(=O)CN(CCOC)CC(=O)NC(N)=O. The summed E-state index contributed by atoms with van der Waals surface area (Å²) in [5.41, 5.74) is 4.81. The molecule has 0 aliphatic carbocycles. The number of rotatable bonds is 8. The summed E-state index contributed by atoms with van der Waals surface area (Å²) in [5.74, 6) is -1.02. The quantitative estimate of drug-likeness (QED) is 0.525. The van der Waals surface area contributed by atoms with Gasteiger partial charge in [-0.05, 0) is 6.92 Å². The average Bonchev–Trinajstić information content (AvgIpc) is 2.24. The van der Waals surface area contributed by atoms with Crippen molar-refractivity contribution >= 4 is 17.9 Å². The molecule has 18 heavy (non-hydrogen) atoms. The van der Waals surface area contributed by atoms with Crippen LogP contribution in [0.5, 0.6) is 0 Å². The standard InChI is InChI=1S/C10H19N3O5/c1-3-18-9(15)7-13(4-5-17-2)6-8(14)12-10(11)16/h3-7H2,1-2H3,(H3,11,12,14,16). The topological polar surface area (TPSA) is 111 Å². The Hall–Kier alpha value is -1.67. The molecule has 0 radical (unpaired) electrons. The average molecular weight is 261 g/mol. The molecule has 0 aliphatic rings. The van der Waals surface area contributed by atoms with E-state index in [9.17, 15) is 14.4 Å². The number of carbonyl (C=O) groups excluding carboxylic acids is 3. The molecule has 0 aliphatic heterocycles. The number of urea groups is 1. The molecule has 0 aromatic rings. The summed E-state index contributed by atoms with van der Waals surface area (Å²) in [5, 5.41) is 1.92. The van der Waals surface area contributed by atoms with E-state index >= 15 is 0 Å². The minimum atomic E-state index is -0.928. The first-order valence-corrected chi connectivity index (χ1v) is 5.45. The van der Waals surface area contributed by atoms with Crippen molar-refractivity contribution in [3.8, 4) is 0 Å². The monoisotopic (exact) mass is 261 g/mol. The Balaban J connectivity index is 4.24. The zero-order valence-electron chi connectivity index (χ0n) is 10.6. The molecular weight excluding hydrogens is 242 g/mol. The normalized spacial score (nSPS) is 10.2. The Kier molecular flexibility index (Phi) is 8.50. The lowest BCUT2D eigenvalue weighted by atomic mass is 10.4. The van der Waals surface area contributed by atoms with Gasteiger partial charge in [0.2, 0.25) is 5.91 Å². The summed E-state index contributed by atoms with van der Waals surface area (Å²) in [6.45, 7) is 2.49. The zero-order chi connectivity index (χ0) is 14.0. The van der Waals surface area contributed by atoms with E-state index in [1.54, 1.807) is 6.92 Å². The lowest BCUT2D eigenvalue weighted by Crippen LogP contribution is -2.44. The maximum atomic E-state index is 11.3. The highest BCUT2D eigenvalue weighted by Crippen LogP contribution is 1.91. The number of hydrogen-bond acceptors (Lipinski definition) is 6. The molecule has 0 aromatic carbocycles. The molecule has 0 aromatic heterocycles. The van der Waals surface area contributed by atoms with E-state index in [0.29, 0.717) is 13.2 Å². The Labute approximate surface area is 105 Å². The fourth-order valence-electron chi connectivity index (χ4n) is 1.20. The Morgan fingerprint density at radius 1 is 1.28 bits per heavy atom. The third-order valence-corrected chi connectivity index (χ3v) is 1.90. The number of imide groups is 1. The first kappa shape index (κ1) is 16.3. The van der Waals surface area contributed by atoms with Crippen LogP contribution < -0.4 is 11.1 Å². The van der Waals surface area contributed by atoms with Crippen molar-refractivity contribution in [2.75, 3.05) is 40.0 Å². The Morgan fingerprint density at radius 2 is 1.94 bits per heavy atom. The number of ether oxygens (including phenoxy) is 2. The lowest BCUT2D eigenvalue weighted by molar-refractivity contribution is -0.144. The predicted molar refractivity (Wildman–Crippen MR) is 62.7 cm³/mol. The molecule has 3 N–H and O–H groups in total.